The quantitative estimate of drug-likeness (QED) is 0.711. The zero-order valence-electron chi connectivity index (χ0n) is 8.26. The lowest BCUT2D eigenvalue weighted by atomic mass is 10.2. The highest BCUT2D eigenvalue weighted by Crippen LogP contribution is 2.11. The Kier molecular flexibility index (Phi) is 2.82. The topological polar surface area (TPSA) is 65.5 Å². The average molecular weight is 207 g/mol. The summed E-state index contributed by atoms with van der Waals surface area (Å²) in [5.41, 5.74) is 0. The van der Waals surface area contributed by atoms with Gasteiger partial charge in [-0.2, -0.15) is 0 Å². The number of aliphatic carboxylic acids is 1. The van der Waals surface area contributed by atoms with Crippen LogP contribution in [0.4, 0.5) is 5.82 Å². The number of pyridine rings is 1. The SMILES string of the molecule is O=C(O)[C@H]1CN(c2ccccn2)CCN1. The van der Waals surface area contributed by atoms with Crippen molar-refractivity contribution in [2.45, 2.75) is 6.04 Å². The van der Waals surface area contributed by atoms with Gasteiger partial charge >= 0.3 is 5.97 Å². The highest BCUT2D eigenvalue weighted by atomic mass is 16.4. The van der Waals surface area contributed by atoms with Gasteiger partial charge in [0.25, 0.3) is 0 Å². The van der Waals surface area contributed by atoms with E-state index in [0.29, 0.717) is 13.1 Å². The molecular weight excluding hydrogens is 194 g/mol. The fraction of sp³-hybridized carbons (Fsp3) is 0.400. The van der Waals surface area contributed by atoms with Crippen LogP contribution in [0.2, 0.25) is 0 Å². The molecule has 1 saturated heterocycles. The van der Waals surface area contributed by atoms with Crippen LogP contribution in [0.3, 0.4) is 0 Å². The van der Waals surface area contributed by atoms with Crippen LogP contribution < -0.4 is 10.2 Å². The summed E-state index contributed by atoms with van der Waals surface area (Å²) in [5, 5.41) is 11.8. The van der Waals surface area contributed by atoms with Crippen LogP contribution in [0.1, 0.15) is 0 Å². The first kappa shape index (κ1) is 9.92. The lowest BCUT2D eigenvalue weighted by molar-refractivity contribution is -0.139. The summed E-state index contributed by atoms with van der Waals surface area (Å²) in [6.45, 7) is 1.93. The minimum absolute atomic E-state index is 0.465. The fourth-order valence-corrected chi connectivity index (χ4v) is 1.66. The van der Waals surface area contributed by atoms with Crippen molar-refractivity contribution < 1.29 is 9.90 Å². The van der Waals surface area contributed by atoms with Gasteiger partial charge in [0.15, 0.2) is 0 Å². The molecule has 5 nitrogen and oxygen atoms in total. The maximum absolute atomic E-state index is 10.8. The van der Waals surface area contributed by atoms with E-state index in [0.717, 1.165) is 12.4 Å². The second-order valence-corrected chi connectivity index (χ2v) is 3.48. The van der Waals surface area contributed by atoms with E-state index >= 15 is 0 Å². The van der Waals surface area contributed by atoms with Crippen LogP contribution in [0, 0.1) is 0 Å². The molecule has 1 aliphatic heterocycles. The number of nitrogens with zero attached hydrogens (tertiary/aromatic N) is 2. The number of hydrogen-bond donors (Lipinski definition) is 2. The molecule has 0 amide bonds. The number of nitrogens with one attached hydrogen (secondary N) is 1. The number of anilines is 1. The van der Waals surface area contributed by atoms with Crippen molar-refractivity contribution in [3.8, 4) is 0 Å². The highest BCUT2D eigenvalue weighted by Gasteiger charge is 2.25. The third-order valence-electron chi connectivity index (χ3n) is 2.45. The maximum Gasteiger partial charge on any atom is 0.322 e. The van der Waals surface area contributed by atoms with Gasteiger partial charge in [-0.05, 0) is 12.1 Å². The summed E-state index contributed by atoms with van der Waals surface area (Å²) in [6, 6.07) is 5.14. The van der Waals surface area contributed by atoms with Crippen LogP contribution in [0.5, 0.6) is 0 Å². The normalized spacial score (nSPS) is 21.3. The Balaban J connectivity index is 2.08. The van der Waals surface area contributed by atoms with Crippen molar-refractivity contribution in [3.05, 3.63) is 24.4 Å². The molecule has 0 radical (unpaired) electrons. The van der Waals surface area contributed by atoms with Crippen molar-refractivity contribution in [2.75, 3.05) is 24.5 Å². The third kappa shape index (κ3) is 2.24. The minimum atomic E-state index is -0.810. The Bertz CT molecular complexity index is 342. The van der Waals surface area contributed by atoms with Gasteiger partial charge in [0.2, 0.25) is 0 Å². The van der Waals surface area contributed by atoms with Gasteiger partial charge in [-0.25, -0.2) is 4.98 Å². The number of hydrogen-bond acceptors (Lipinski definition) is 4. The molecule has 1 fully saturated rings. The lowest BCUT2D eigenvalue weighted by Crippen LogP contribution is -2.54. The monoisotopic (exact) mass is 207 g/mol. The van der Waals surface area contributed by atoms with Crippen LogP contribution in [-0.4, -0.2) is 41.7 Å². The number of aromatic nitrogens is 1. The average Bonchev–Trinajstić information content (AvgIpc) is 2.30. The molecule has 2 heterocycles. The molecule has 1 aromatic rings. The molecule has 5 heteroatoms. The zero-order chi connectivity index (χ0) is 10.7. The second-order valence-electron chi connectivity index (χ2n) is 3.48. The summed E-state index contributed by atoms with van der Waals surface area (Å²) < 4.78 is 0. The minimum Gasteiger partial charge on any atom is -0.480 e. The molecule has 0 saturated carbocycles. The first-order chi connectivity index (χ1) is 7.27. The molecular formula is C10H13N3O2. The molecule has 1 aliphatic rings. The van der Waals surface area contributed by atoms with Crippen molar-refractivity contribution in [1.82, 2.24) is 10.3 Å². The van der Waals surface area contributed by atoms with E-state index in [1.54, 1.807) is 6.20 Å². The van der Waals surface area contributed by atoms with Gasteiger partial charge < -0.3 is 15.3 Å². The van der Waals surface area contributed by atoms with Crippen LogP contribution in [0.25, 0.3) is 0 Å². The van der Waals surface area contributed by atoms with E-state index < -0.39 is 12.0 Å². The van der Waals surface area contributed by atoms with Crippen molar-refractivity contribution in [3.63, 3.8) is 0 Å². The summed E-state index contributed by atoms with van der Waals surface area (Å²) in [5.74, 6) is 0.0286. The van der Waals surface area contributed by atoms with E-state index in [2.05, 4.69) is 10.3 Å². The summed E-state index contributed by atoms with van der Waals surface area (Å²) in [6.07, 6.45) is 1.72. The molecule has 15 heavy (non-hydrogen) atoms. The summed E-state index contributed by atoms with van der Waals surface area (Å²) in [7, 11) is 0. The van der Waals surface area contributed by atoms with E-state index in [-0.39, 0.29) is 0 Å². The molecule has 0 aromatic carbocycles. The smallest absolute Gasteiger partial charge is 0.322 e. The van der Waals surface area contributed by atoms with E-state index in [4.69, 9.17) is 5.11 Å². The number of carboxylic acid groups (broad SMARTS) is 1. The van der Waals surface area contributed by atoms with Crippen molar-refractivity contribution in [1.29, 1.82) is 0 Å². The molecule has 0 bridgehead atoms. The number of piperazine rings is 1. The largest absolute Gasteiger partial charge is 0.480 e. The van der Waals surface area contributed by atoms with Crippen LogP contribution >= 0.6 is 0 Å². The van der Waals surface area contributed by atoms with E-state index in [1.165, 1.54) is 0 Å². The maximum atomic E-state index is 10.8. The fourth-order valence-electron chi connectivity index (χ4n) is 1.66. The van der Waals surface area contributed by atoms with Gasteiger partial charge in [0, 0.05) is 25.8 Å². The van der Waals surface area contributed by atoms with Gasteiger partial charge in [0.1, 0.15) is 11.9 Å². The first-order valence-electron chi connectivity index (χ1n) is 4.89. The molecule has 0 unspecified atom stereocenters. The van der Waals surface area contributed by atoms with Gasteiger partial charge in [-0.15, -0.1) is 0 Å². The zero-order valence-corrected chi connectivity index (χ0v) is 8.26. The van der Waals surface area contributed by atoms with Crippen molar-refractivity contribution >= 4 is 11.8 Å². The molecule has 1 atom stereocenters. The molecule has 2 N–H and O–H groups in total. The van der Waals surface area contributed by atoms with E-state index in [9.17, 15) is 4.79 Å². The van der Waals surface area contributed by atoms with Crippen molar-refractivity contribution in [2.24, 2.45) is 0 Å². The summed E-state index contributed by atoms with van der Waals surface area (Å²) >= 11 is 0. The number of carboxylic acids is 1. The summed E-state index contributed by atoms with van der Waals surface area (Å²) in [4.78, 5) is 17.0. The molecule has 2 rings (SSSR count). The van der Waals surface area contributed by atoms with Gasteiger partial charge in [-0.3, -0.25) is 4.79 Å². The number of rotatable bonds is 2. The first-order valence-corrected chi connectivity index (χ1v) is 4.89. The van der Waals surface area contributed by atoms with Gasteiger partial charge in [0.05, 0.1) is 0 Å². The molecule has 80 valence electrons. The molecule has 0 aliphatic carbocycles. The molecule has 1 aromatic heterocycles. The Morgan fingerprint density at radius 2 is 2.47 bits per heavy atom. The Morgan fingerprint density at radius 1 is 1.60 bits per heavy atom. The Labute approximate surface area is 87.7 Å². The Hall–Kier alpha value is -1.62. The molecule has 0 spiro atoms. The van der Waals surface area contributed by atoms with Crippen LogP contribution in [-0.2, 0) is 4.79 Å². The van der Waals surface area contributed by atoms with Crippen LogP contribution in [0.15, 0.2) is 24.4 Å². The standard InChI is InChI=1S/C10H13N3O2/c14-10(15)8-7-13(6-5-11-8)9-3-1-2-4-12-9/h1-4,8,11H,5-7H2,(H,14,15)/t8-/m1/s1. The Morgan fingerprint density at radius 3 is 3.13 bits per heavy atom. The highest BCUT2D eigenvalue weighted by molar-refractivity contribution is 5.74. The predicted molar refractivity (Wildman–Crippen MR) is 55.9 cm³/mol. The lowest BCUT2D eigenvalue weighted by Gasteiger charge is -2.32. The third-order valence-corrected chi connectivity index (χ3v) is 2.45. The second kappa shape index (κ2) is 4.27. The van der Waals surface area contributed by atoms with Gasteiger partial charge in [-0.1, -0.05) is 6.07 Å². The predicted octanol–water partition coefficient (Wildman–Crippen LogP) is -0.0556. The van der Waals surface area contributed by atoms with E-state index in [1.807, 2.05) is 23.1 Å². The number of carbonyl (C=O) groups is 1.